The van der Waals surface area contributed by atoms with Crippen molar-refractivity contribution in [1.29, 1.82) is 0 Å². The van der Waals surface area contributed by atoms with Crippen LogP contribution in [0.3, 0.4) is 0 Å². The largest absolute Gasteiger partial charge is 0.473 e. The SMILES string of the molecule is CCC(=O)N(CCN1CCCCC1)c1cccs1.O=C(O)C(=O)O. The van der Waals surface area contributed by atoms with Crippen LogP contribution in [0.15, 0.2) is 17.5 Å². The van der Waals surface area contributed by atoms with Gasteiger partial charge in [0.05, 0.1) is 5.00 Å². The Bertz CT molecular complexity index is 515. The Morgan fingerprint density at radius 1 is 1.17 bits per heavy atom. The van der Waals surface area contributed by atoms with Crippen LogP contribution in [0.1, 0.15) is 32.6 Å². The lowest BCUT2D eigenvalue weighted by Crippen LogP contribution is -2.40. The summed E-state index contributed by atoms with van der Waals surface area (Å²) in [5.74, 6) is -3.42. The molecule has 7 nitrogen and oxygen atoms in total. The van der Waals surface area contributed by atoms with Gasteiger partial charge in [0, 0.05) is 19.5 Å². The first-order valence-electron chi connectivity index (χ1n) is 7.98. The highest BCUT2D eigenvalue weighted by Crippen LogP contribution is 2.22. The van der Waals surface area contributed by atoms with Crippen LogP contribution in [-0.4, -0.2) is 59.1 Å². The number of thiophene rings is 1. The van der Waals surface area contributed by atoms with E-state index in [-0.39, 0.29) is 5.91 Å². The molecule has 24 heavy (non-hydrogen) atoms. The normalized spacial score (nSPS) is 14.4. The lowest BCUT2D eigenvalue weighted by atomic mass is 10.1. The Labute approximate surface area is 145 Å². The number of likely N-dealkylation sites (tertiary alicyclic amines) is 1. The highest BCUT2D eigenvalue weighted by molar-refractivity contribution is 7.14. The molecule has 0 spiro atoms. The molecule has 0 saturated carbocycles. The van der Waals surface area contributed by atoms with Gasteiger partial charge in [-0.05, 0) is 43.4 Å². The molecule has 0 atom stereocenters. The number of carbonyl (C=O) groups excluding carboxylic acids is 1. The Kier molecular flexibility index (Phi) is 9.03. The standard InChI is InChI=1S/C14H22N2OS.C2H2O4/c1-2-13(17)16(14-7-6-12-18-14)11-10-15-8-4-3-5-9-15;3-1(4)2(5)6/h6-7,12H,2-5,8-11H2,1H3;(H,3,4)(H,5,6). The zero-order valence-corrected chi connectivity index (χ0v) is 14.6. The molecule has 0 radical (unpaired) electrons. The van der Waals surface area contributed by atoms with Gasteiger partial charge in [0.25, 0.3) is 0 Å². The average Bonchev–Trinajstić information content (AvgIpc) is 3.10. The molecule has 2 heterocycles. The fourth-order valence-corrected chi connectivity index (χ4v) is 3.17. The first-order chi connectivity index (χ1) is 11.5. The van der Waals surface area contributed by atoms with E-state index in [1.165, 1.54) is 32.4 Å². The number of piperidine rings is 1. The number of hydrogen-bond donors (Lipinski definition) is 2. The lowest BCUT2D eigenvalue weighted by Gasteiger charge is -2.29. The van der Waals surface area contributed by atoms with Gasteiger partial charge in [-0.1, -0.05) is 13.3 Å². The van der Waals surface area contributed by atoms with Crippen molar-refractivity contribution in [3.05, 3.63) is 17.5 Å². The molecular weight excluding hydrogens is 332 g/mol. The number of amides is 1. The van der Waals surface area contributed by atoms with E-state index >= 15 is 0 Å². The molecule has 0 bridgehead atoms. The predicted octanol–water partition coefficient (Wildman–Crippen LogP) is 2.13. The van der Waals surface area contributed by atoms with Crippen molar-refractivity contribution < 1.29 is 24.6 Å². The summed E-state index contributed by atoms with van der Waals surface area (Å²) in [5.41, 5.74) is 0. The third-order valence-corrected chi connectivity index (χ3v) is 4.54. The summed E-state index contributed by atoms with van der Waals surface area (Å²) >= 11 is 1.65. The number of hydrogen-bond acceptors (Lipinski definition) is 5. The van der Waals surface area contributed by atoms with Gasteiger partial charge in [0.15, 0.2) is 0 Å². The fraction of sp³-hybridized carbons (Fsp3) is 0.562. The van der Waals surface area contributed by atoms with Crippen molar-refractivity contribution in [3.63, 3.8) is 0 Å². The molecule has 1 fully saturated rings. The molecule has 0 unspecified atom stereocenters. The Morgan fingerprint density at radius 2 is 1.79 bits per heavy atom. The number of nitrogens with zero attached hydrogens (tertiary/aromatic N) is 2. The summed E-state index contributed by atoms with van der Waals surface area (Å²) < 4.78 is 0. The van der Waals surface area contributed by atoms with E-state index in [2.05, 4.69) is 4.90 Å². The van der Waals surface area contributed by atoms with Crippen LogP contribution in [0.2, 0.25) is 0 Å². The minimum Gasteiger partial charge on any atom is -0.473 e. The van der Waals surface area contributed by atoms with Gasteiger partial charge in [-0.15, -0.1) is 11.3 Å². The summed E-state index contributed by atoms with van der Waals surface area (Å²) in [5, 5.41) is 17.9. The Balaban J connectivity index is 0.000000413. The van der Waals surface area contributed by atoms with Gasteiger partial charge in [0.2, 0.25) is 5.91 Å². The quantitative estimate of drug-likeness (QED) is 0.784. The van der Waals surface area contributed by atoms with Crippen LogP contribution in [0.5, 0.6) is 0 Å². The fourth-order valence-electron chi connectivity index (χ4n) is 2.40. The van der Waals surface area contributed by atoms with E-state index in [1.54, 1.807) is 11.3 Å². The molecule has 0 aliphatic carbocycles. The van der Waals surface area contributed by atoms with E-state index < -0.39 is 11.9 Å². The minimum atomic E-state index is -1.82. The third kappa shape index (κ3) is 7.10. The zero-order valence-electron chi connectivity index (χ0n) is 13.8. The van der Waals surface area contributed by atoms with Crippen LogP contribution in [0.4, 0.5) is 5.00 Å². The topological polar surface area (TPSA) is 98.2 Å². The molecule has 0 aromatic carbocycles. The number of aliphatic carboxylic acids is 2. The maximum Gasteiger partial charge on any atom is 0.414 e. The van der Waals surface area contributed by atoms with E-state index in [0.29, 0.717) is 6.42 Å². The monoisotopic (exact) mass is 356 g/mol. The average molecular weight is 356 g/mol. The smallest absolute Gasteiger partial charge is 0.414 e. The molecule has 1 aliphatic rings. The summed E-state index contributed by atoms with van der Waals surface area (Å²) in [6.45, 7) is 6.15. The number of anilines is 1. The van der Waals surface area contributed by atoms with Gasteiger partial charge < -0.3 is 20.0 Å². The van der Waals surface area contributed by atoms with E-state index in [4.69, 9.17) is 19.8 Å². The van der Waals surface area contributed by atoms with Crippen molar-refractivity contribution in [2.45, 2.75) is 32.6 Å². The third-order valence-electron chi connectivity index (χ3n) is 3.65. The Hall–Kier alpha value is -1.93. The molecule has 1 saturated heterocycles. The van der Waals surface area contributed by atoms with Crippen molar-refractivity contribution >= 4 is 34.2 Å². The number of rotatable bonds is 5. The maximum absolute atomic E-state index is 12.0. The Morgan fingerprint density at radius 3 is 2.25 bits per heavy atom. The van der Waals surface area contributed by atoms with Crippen molar-refractivity contribution in [2.75, 3.05) is 31.1 Å². The van der Waals surface area contributed by atoms with Gasteiger partial charge in [-0.2, -0.15) is 0 Å². The molecule has 1 aliphatic heterocycles. The van der Waals surface area contributed by atoms with Crippen LogP contribution in [-0.2, 0) is 14.4 Å². The lowest BCUT2D eigenvalue weighted by molar-refractivity contribution is -0.159. The molecule has 134 valence electrons. The summed E-state index contributed by atoms with van der Waals surface area (Å²) in [4.78, 5) is 34.6. The second-order valence-electron chi connectivity index (χ2n) is 5.36. The highest BCUT2D eigenvalue weighted by atomic mass is 32.1. The molecule has 1 amide bonds. The first kappa shape index (κ1) is 20.1. The van der Waals surface area contributed by atoms with Crippen LogP contribution >= 0.6 is 11.3 Å². The molecule has 1 aromatic heterocycles. The van der Waals surface area contributed by atoms with E-state index in [1.807, 2.05) is 29.3 Å². The molecule has 8 heteroatoms. The molecular formula is C16H24N2O5S. The van der Waals surface area contributed by atoms with Crippen molar-refractivity contribution in [2.24, 2.45) is 0 Å². The second-order valence-corrected chi connectivity index (χ2v) is 6.29. The van der Waals surface area contributed by atoms with Gasteiger partial charge >= 0.3 is 11.9 Å². The van der Waals surface area contributed by atoms with Crippen molar-refractivity contribution in [1.82, 2.24) is 4.90 Å². The van der Waals surface area contributed by atoms with E-state index in [0.717, 1.165) is 18.1 Å². The summed E-state index contributed by atoms with van der Waals surface area (Å²) in [6, 6.07) is 4.05. The summed E-state index contributed by atoms with van der Waals surface area (Å²) in [6.07, 6.45) is 4.55. The van der Waals surface area contributed by atoms with Crippen LogP contribution in [0.25, 0.3) is 0 Å². The molecule has 1 aromatic rings. The highest BCUT2D eigenvalue weighted by Gasteiger charge is 2.17. The van der Waals surface area contributed by atoms with Gasteiger partial charge in [-0.25, -0.2) is 9.59 Å². The minimum absolute atomic E-state index is 0.231. The molecule has 2 N–H and O–H groups in total. The zero-order chi connectivity index (χ0) is 17.9. The second kappa shape index (κ2) is 10.8. The van der Waals surface area contributed by atoms with Gasteiger partial charge in [0.1, 0.15) is 0 Å². The van der Waals surface area contributed by atoms with E-state index in [9.17, 15) is 4.79 Å². The maximum atomic E-state index is 12.0. The van der Waals surface area contributed by atoms with Gasteiger partial charge in [-0.3, -0.25) is 4.79 Å². The number of carbonyl (C=O) groups is 3. The first-order valence-corrected chi connectivity index (χ1v) is 8.86. The van der Waals surface area contributed by atoms with Crippen molar-refractivity contribution in [3.8, 4) is 0 Å². The summed E-state index contributed by atoms with van der Waals surface area (Å²) in [7, 11) is 0. The van der Waals surface area contributed by atoms with Crippen LogP contribution in [0, 0.1) is 0 Å². The number of carboxylic acid groups (broad SMARTS) is 2. The van der Waals surface area contributed by atoms with Crippen LogP contribution < -0.4 is 4.90 Å². The predicted molar refractivity (Wildman–Crippen MR) is 92.5 cm³/mol. The number of carboxylic acids is 2. The molecule has 2 rings (SSSR count).